The lowest BCUT2D eigenvalue weighted by atomic mass is 10.1. The predicted molar refractivity (Wildman–Crippen MR) is 81.7 cm³/mol. The molecule has 1 amide bonds. The van der Waals surface area contributed by atoms with Crippen molar-refractivity contribution in [1.82, 2.24) is 5.32 Å². The molecule has 4 heteroatoms. The van der Waals surface area contributed by atoms with E-state index in [1.807, 2.05) is 36.4 Å². The van der Waals surface area contributed by atoms with Gasteiger partial charge < -0.3 is 11.1 Å². The van der Waals surface area contributed by atoms with Gasteiger partial charge in [-0.1, -0.05) is 41.9 Å². The second-order valence-electron chi connectivity index (χ2n) is 4.69. The number of benzene rings is 2. The zero-order valence-electron chi connectivity index (χ0n) is 11.3. The topological polar surface area (TPSA) is 55.1 Å². The van der Waals surface area contributed by atoms with Crippen molar-refractivity contribution in [2.45, 2.75) is 19.5 Å². The van der Waals surface area contributed by atoms with Crippen molar-refractivity contribution < 1.29 is 4.79 Å². The Balaban J connectivity index is 2.04. The standard InChI is InChI=1S/C16H17ClN2O/c1-11(14-7-2-3-8-15(14)17)19-10-12-5-4-6-13(9-12)16(18)20/h2-9,11,19H,10H2,1H3,(H2,18,20). The molecule has 0 fully saturated rings. The average Bonchev–Trinajstić information content (AvgIpc) is 2.45. The first-order valence-electron chi connectivity index (χ1n) is 6.44. The molecule has 0 aromatic heterocycles. The van der Waals surface area contributed by atoms with Gasteiger partial charge in [0.2, 0.25) is 5.91 Å². The summed E-state index contributed by atoms with van der Waals surface area (Å²) in [6.45, 7) is 2.70. The first-order valence-corrected chi connectivity index (χ1v) is 6.82. The van der Waals surface area contributed by atoms with Crippen molar-refractivity contribution in [2.75, 3.05) is 0 Å². The van der Waals surface area contributed by atoms with Crippen LogP contribution in [0, 0.1) is 0 Å². The van der Waals surface area contributed by atoms with E-state index in [-0.39, 0.29) is 6.04 Å². The number of rotatable bonds is 5. The SMILES string of the molecule is CC(NCc1cccc(C(N)=O)c1)c1ccccc1Cl. The molecule has 0 heterocycles. The second kappa shape index (κ2) is 6.55. The number of amides is 1. The molecule has 1 unspecified atom stereocenters. The number of carbonyl (C=O) groups is 1. The highest BCUT2D eigenvalue weighted by Crippen LogP contribution is 2.22. The Kier molecular flexibility index (Phi) is 4.77. The molecular formula is C16H17ClN2O. The largest absolute Gasteiger partial charge is 0.366 e. The summed E-state index contributed by atoms with van der Waals surface area (Å²) in [5, 5.41) is 4.13. The minimum atomic E-state index is -0.411. The van der Waals surface area contributed by atoms with Crippen LogP contribution in [-0.2, 0) is 6.54 Å². The van der Waals surface area contributed by atoms with Crippen LogP contribution in [0.5, 0.6) is 0 Å². The maximum absolute atomic E-state index is 11.1. The fourth-order valence-electron chi connectivity index (χ4n) is 2.04. The number of nitrogens with two attached hydrogens (primary N) is 1. The van der Waals surface area contributed by atoms with E-state index in [4.69, 9.17) is 17.3 Å². The fourth-order valence-corrected chi connectivity index (χ4v) is 2.34. The number of primary amides is 1. The van der Waals surface area contributed by atoms with E-state index in [1.54, 1.807) is 12.1 Å². The Hall–Kier alpha value is -1.84. The van der Waals surface area contributed by atoms with Crippen LogP contribution in [-0.4, -0.2) is 5.91 Å². The van der Waals surface area contributed by atoms with Gasteiger partial charge in [-0.2, -0.15) is 0 Å². The number of nitrogens with one attached hydrogen (secondary N) is 1. The Bertz CT molecular complexity index is 613. The molecule has 0 bridgehead atoms. The molecule has 0 aliphatic carbocycles. The van der Waals surface area contributed by atoms with Crippen molar-refractivity contribution in [2.24, 2.45) is 5.73 Å². The monoisotopic (exact) mass is 288 g/mol. The van der Waals surface area contributed by atoms with Crippen molar-refractivity contribution in [3.63, 3.8) is 0 Å². The van der Waals surface area contributed by atoms with Crippen LogP contribution in [0.4, 0.5) is 0 Å². The second-order valence-corrected chi connectivity index (χ2v) is 5.10. The van der Waals surface area contributed by atoms with Gasteiger partial charge in [-0.3, -0.25) is 4.79 Å². The van der Waals surface area contributed by atoms with Gasteiger partial charge >= 0.3 is 0 Å². The van der Waals surface area contributed by atoms with Gasteiger partial charge in [0.1, 0.15) is 0 Å². The maximum atomic E-state index is 11.1. The summed E-state index contributed by atoms with van der Waals surface area (Å²) in [6.07, 6.45) is 0. The molecule has 104 valence electrons. The summed E-state index contributed by atoms with van der Waals surface area (Å²) in [4.78, 5) is 11.1. The normalized spacial score (nSPS) is 12.1. The van der Waals surface area contributed by atoms with Gasteiger partial charge in [-0.25, -0.2) is 0 Å². The van der Waals surface area contributed by atoms with Gasteiger partial charge in [0.15, 0.2) is 0 Å². The summed E-state index contributed by atoms with van der Waals surface area (Å²) in [7, 11) is 0. The molecule has 0 radical (unpaired) electrons. The minimum Gasteiger partial charge on any atom is -0.366 e. The van der Waals surface area contributed by atoms with Crippen LogP contribution in [0.2, 0.25) is 5.02 Å². The first kappa shape index (κ1) is 14.6. The molecule has 20 heavy (non-hydrogen) atoms. The molecule has 0 aliphatic rings. The highest BCUT2D eigenvalue weighted by Gasteiger charge is 2.08. The highest BCUT2D eigenvalue weighted by atomic mass is 35.5. The Labute approximate surface area is 123 Å². The summed E-state index contributed by atoms with van der Waals surface area (Å²) in [6, 6.07) is 15.2. The Morgan fingerprint density at radius 3 is 2.70 bits per heavy atom. The molecule has 2 aromatic carbocycles. The summed E-state index contributed by atoms with van der Waals surface area (Å²) < 4.78 is 0. The van der Waals surface area contributed by atoms with E-state index in [2.05, 4.69) is 12.2 Å². The molecular weight excluding hydrogens is 272 g/mol. The van der Waals surface area contributed by atoms with Crippen LogP contribution < -0.4 is 11.1 Å². The third kappa shape index (κ3) is 3.59. The number of halogens is 1. The lowest BCUT2D eigenvalue weighted by molar-refractivity contribution is 0.1000. The lowest BCUT2D eigenvalue weighted by Gasteiger charge is -2.16. The van der Waals surface area contributed by atoms with Crippen LogP contribution in [0.15, 0.2) is 48.5 Å². The van der Waals surface area contributed by atoms with Gasteiger partial charge in [0.05, 0.1) is 0 Å². The van der Waals surface area contributed by atoms with Crippen LogP contribution in [0.25, 0.3) is 0 Å². The fraction of sp³-hybridized carbons (Fsp3) is 0.188. The van der Waals surface area contributed by atoms with E-state index in [9.17, 15) is 4.79 Å². The molecule has 0 saturated heterocycles. The summed E-state index contributed by atoms with van der Waals surface area (Å²) in [5.41, 5.74) is 7.87. The molecule has 0 aliphatic heterocycles. The van der Waals surface area contributed by atoms with E-state index < -0.39 is 5.91 Å². The summed E-state index contributed by atoms with van der Waals surface area (Å²) >= 11 is 6.17. The van der Waals surface area contributed by atoms with E-state index in [1.165, 1.54) is 0 Å². The number of carbonyl (C=O) groups excluding carboxylic acids is 1. The van der Waals surface area contributed by atoms with Crippen LogP contribution >= 0.6 is 11.6 Å². The number of hydrogen-bond acceptors (Lipinski definition) is 2. The van der Waals surface area contributed by atoms with E-state index in [0.29, 0.717) is 12.1 Å². The Morgan fingerprint density at radius 1 is 1.25 bits per heavy atom. The van der Waals surface area contributed by atoms with Gasteiger partial charge in [-0.05, 0) is 36.2 Å². The van der Waals surface area contributed by atoms with Gasteiger partial charge in [0.25, 0.3) is 0 Å². The van der Waals surface area contributed by atoms with Crippen molar-refractivity contribution in [3.05, 3.63) is 70.2 Å². The number of hydrogen-bond donors (Lipinski definition) is 2. The molecule has 3 N–H and O–H groups in total. The quantitative estimate of drug-likeness (QED) is 0.887. The van der Waals surface area contributed by atoms with Crippen molar-refractivity contribution >= 4 is 17.5 Å². The predicted octanol–water partition coefficient (Wildman–Crippen LogP) is 3.29. The summed E-state index contributed by atoms with van der Waals surface area (Å²) in [5.74, 6) is -0.411. The van der Waals surface area contributed by atoms with E-state index in [0.717, 1.165) is 16.1 Å². The van der Waals surface area contributed by atoms with E-state index >= 15 is 0 Å². The Morgan fingerprint density at radius 2 is 2.00 bits per heavy atom. The van der Waals surface area contributed by atoms with Crippen molar-refractivity contribution in [3.8, 4) is 0 Å². The smallest absolute Gasteiger partial charge is 0.248 e. The molecule has 3 nitrogen and oxygen atoms in total. The molecule has 0 saturated carbocycles. The first-order chi connectivity index (χ1) is 9.58. The third-order valence-electron chi connectivity index (χ3n) is 3.20. The minimum absolute atomic E-state index is 0.126. The zero-order valence-corrected chi connectivity index (χ0v) is 12.0. The van der Waals surface area contributed by atoms with Crippen molar-refractivity contribution in [1.29, 1.82) is 0 Å². The molecule has 2 aromatic rings. The third-order valence-corrected chi connectivity index (χ3v) is 3.54. The molecule has 0 spiro atoms. The molecule has 1 atom stereocenters. The highest BCUT2D eigenvalue weighted by molar-refractivity contribution is 6.31. The molecule has 2 rings (SSSR count). The van der Waals surface area contributed by atoms with Crippen LogP contribution in [0.1, 0.15) is 34.5 Å². The van der Waals surface area contributed by atoms with Gasteiger partial charge in [-0.15, -0.1) is 0 Å². The zero-order chi connectivity index (χ0) is 14.5. The van der Waals surface area contributed by atoms with Crippen LogP contribution in [0.3, 0.4) is 0 Å². The lowest BCUT2D eigenvalue weighted by Crippen LogP contribution is -2.19. The average molecular weight is 289 g/mol. The maximum Gasteiger partial charge on any atom is 0.248 e. The van der Waals surface area contributed by atoms with Gasteiger partial charge in [0, 0.05) is 23.2 Å².